The molecule has 0 atom stereocenters. The molecule has 3 heterocycles. The Hall–Kier alpha value is -3.39. The van der Waals surface area contributed by atoms with Crippen LogP contribution >= 0.6 is 0 Å². The molecule has 0 aliphatic carbocycles. The standard InChI is InChI=1S/C22H25N5O3/c1-4-29-15-27(18-8-6-5-7-16(18)2)21-24-14-19(30-21)17-9-10-23-20(13-17)26-12-11-25(3)22(26)28/h5-10,13-14H,4,11-12,15H2,1-3H3. The van der Waals surface area contributed by atoms with E-state index in [4.69, 9.17) is 9.15 Å². The van der Waals surface area contributed by atoms with Crippen LogP contribution in [0, 0.1) is 6.92 Å². The van der Waals surface area contributed by atoms with Crippen molar-refractivity contribution in [3.05, 3.63) is 54.4 Å². The Balaban J connectivity index is 1.64. The summed E-state index contributed by atoms with van der Waals surface area (Å²) in [5.41, 5.74) is 2.88. The molecule has 1 aromatic carbocycles. The third-order valence-corrected chi connectivity index (χ3v) is 5.08. The van der Waals surface area contributed by atoms with Crippen LogP contribution in [-0.2, 0) is 4.74 Å². The van der Waals surface area contributed by atoms with Crippen molar-refractivity contribution in [1.82, 2.24) is 14.9 Å². The maximum Gasteiger partial charge on any atom is 0.325 e. The number of hydrogen-bond donors (Lipinski definition) is 0. The lowest BCUT2D eigenvalue weighted by atomic mass is 10.2. The zero-order valence-electron chi connectivity index (χ0n) is 17.4. The summed E-state index contributed by atoms with van der Waals surface area (Å²) in [4.78, 5) is 26.4. The van der Waals surface area contributed by atoms with Crippen molar-refractivity contribution in [2.45, 2.75) is 13.8 Å². The lowest BCUT2D eigenvalue weighted by Gasteiger charge is -2.22. The summed E-state index contributed by atoms with van der Waals surface area (Å²) in [6, 6.07) is 12.1. The van der Waals surface area contributed by atoms with Crippen molar-refractivity contribution in [2.75, 3.05) is 43.3 Å². The van der Waals surface area contributed by atoms with E-state index in [0.717, 1.165) is 16.8 Å². The number of para-hydroxylation sites is 1. The van der Waals surface area contributed by atoms with Crippen molar-refractivity contribution in [3.8, 4) is 11.3 Å². The van der Waals surface area contributed by atoms with Crippen molar-refractivity contribution in [2.24, 2.45) is 0 Å². The molecule has 0 unspecified atom stereocenters. The fraction of sp³-hybridized carbons (Fsp3) is 0.318. The highest BCUT2D eigenvalue weighted by atomic mass is 16.5. The highest BCUT2D eigenvalue weighted by Crippen LogP contribution is 2.32. The Kier molecular flexibility index (Phi) is 5.67. The molecule has 0 spiro atoms. The molecule has 0 saturated carbocycles. The predicted octanol–water partition coefficient (Wildman–Crippen LogP) is 4.05. The number of carbonyl (C=O) groups excluding carboxylic acids is 1. The minimum absolute atomic E-state index is 0.0552. The van der Waals surface area contributed by atoms with Crippen molar-refractivity contribution < 1.29 is 13.9 Å². The fourth-order valence-corrected chi connectivity index (χ4v) is 3.38. The SMILES string of the molecule is CCOCN(c1ncc(-c2ccnc(N3CCN(C)C3=O)c2)o1)c1ccccc1C. The van der Waals surface area contributed by atoms with Crippen LogP contribution in [0.3, 0.4) is 0 Å². The number of rotatable bonds is 7. The van der Waals surface area contributed by atoms with E-state index in [2.05, 4.69) is 9.97 Å². The predicted molar refractivity (Wildman–Crippen MR) is 115 cm³/mol. The topological polar surface area (TPSA) is 74.9 Å². The van der Waals surface area contributed by atoms with Crippen LogP contribution in [0.25, 0.3) is 11.3 Å². The lowest BCUT2D eigenvalue weighted by molar-refractivity contribution is 0.151. The van der Waals surface area contributed by atoms with Crippen LogP contribution < -0.4 is 9.80 Å². The van der Waals surface area contributed by atoms with Crippen molar-refractivity contribution in [3.63, 3.8) is 0 Å². The van der Waals surface area contributed by atoms with Crippen LogP contribution in [0.4, 0.5) is 22.3 Å². The van der Waals surface area contributed by atoms with Gasteiger partial charge in [0, 0.05) is 38.5 Å². The van der Waals surface area contributed by atoms with Gasteiger partial charge in [0.25, 0.3) is 0 Å². The van der Waals surface area contributed by atoms with Gasteiger partial charge in [-0.3, -0.25) is 9.80 Å². The third-order valence-electron chi connectivity index (χ3n) is 5.08. The second kappa shape index (κ2) is 8.54. The molecule has 2 aromatic heterocycles. The lowest BCUT2D eigenvalue weighted by Crippen LogP contribution is -2.29. The van der Waals surface area contributed by atoms with Crippen molar-refractivity contribution >= 4 is 23.6 Å². The molecule has 1 aliphatic rings. The number of likely N-dealkylation sites (N-methyl/N-ethyl adjacent to an activating group) is 1. The molecule has 1 aliphatic heterocycles. The van der Waals surface area contributed by atoms with Gasteiger partial charge in [0.15, 0.2) is 5.76 Å². The van der Waals surface area contributed by atoms with E-state index >= 15 is 0 Å². The molecule has 8 nitrogen and oxygen atoms in total. The number of ether oxygens (including phenoxy) is 1. The minimum Gasteiger partial charge on any atom is -0.423 e. The quantitative estimate of drug-likeness (QED) is 0.550. The molecule has 1 fully saturated rings. The molecule has 1 saturated heterocycles. The molecule has 3 aromatic rings. The second-order valence-corrected chi connectivity index (χ2v) is 7.10. The Morgan fingerprint density at radius 2 is 2.03 bits per heavy atom. The summed E-state index contributed by atoms with van der Waals surface area (Å²) in [7, 11) is 1.79. The van der Waals surface area contributed by atoms with Crippen LogP contribution in [-0.4, -0.2) is 54.4 Å². The maximum absolute atomic E-state index is 12.3. The van der Waals surface area contributed by atoms with Gasteiger partial charge in [0.2, 0.25) is 0 Å². The van der Waals surface area contributed by atoms with E-state index in [0.29, 0.717) is 44.0 Å². The number of urea groups is 1. The molecular weight excluding hydrogens is 382 g/mol. The zero-order valence-corrected chi connectivity index (χ0v) is 17.4. The number of hydrogen-bond acceptors (Lipinski definition) is 6. The Morgan fingerprint density at radius 3 is 2.77 bits per heavy atom. The Labute approximate surface area is 175 Å². The van der Waals surface area contributed by atoms with Crippen LogP contribution in [0.5, 0.6) is 0 Å². The summed E-state index contributed by atoms with van der Waals surface area (Å²) in [5.74, 6) is 1.20. The minimum atomic E-state index is -0.0552. The monoisotopic (exact) mass is 407 g/mol. The average molecular weight is 407 g/mol. The Morgan fingerprint density at radius 1 is 1.20 bits per heavy atom. The molecule has 0 N–H and O–H groups in total. The van der Waals surface area contributed by atoms with Gasteiger partial charge in [-0.1, -0.05) is 18.2 Å². The van der Waals surface area contributed by atoms with Gasteiger partial charge in [-0.25, -0.2) is 14.8 Å². The van der Waals surface area contributed by atoms with Crippen molar-refractivity contribution in [1.29, 1.82) is 0 Å². The van der Waals surface area contributed by atoms with E-state index in [-0.39, 0.29) is 6.03 Å². The van der Waals surface area contributed by atoms with Crippen LogP contribution in [0.15, 0.2) is 53.2 Å². The number of benzene rings is 1. The first-order valence-electron chi connectivity index (χ1n) is 9.94. The smallest absolute Gasteiger partial charge is 0.325 e. The highest BCUT2D eigenvalue weighted by Gasteiger charge is 2.28. The summed E-state index contributed by atoms with van der Waals surface area (Å²) in [6.07, 6.45) is 3.36. The average Bonchev–Trinajstić information content (AvgIpc) is 3.37. The van der Waals surface area contributed by atoms with E-state index in [1.54, 1.807) is 29.2 Å². The number of nitrogens with zero attached hydrogens (tertiary/aromatic N) is 5. The molecule has 30 heavy (non-hydrogen) atoms. The maximum atomic E-state index is 12.3. The molecule has 0 bridgehead atoms. The van der Waals surface area contributed by atoms with Gasteiger partial charge in [0.05, 0.1) is 11.9 Å². The number of amides is 2. The number of carbonyl (C=O) groups is 1. The van der Waals surface area contributed by atoms with Gasteiger partial charge < -0.3 is 14.1 Å². The molecular formula is C22H25N5O3. The van der Waals surface area contributed by atoms with Gasteiger partial charge in [-0.2, -0.15) is 0 Å². The van der Waals surface area contributed by atoms with Gasteiger partial charge in [-0.05, 0) is 37.6 Å². The normalized spacial score (nSPS) is 13.9. The highest BCUT2D eigenvalue weighted by molar-refractivity contribution is 5.93. The first-order chi connectivity index (χ1) is 14.6. The summed E-state index contributed by atoms with van der Waals surface area (Å²) in [6.45, 7) is 6.20. The zero-order chi connectivity index (χ0) is 21.1. The Bertz CT molecular complexity index is 1030. The molecule has 4 rings (SSSR count). The first kappa shape index (κ1) is 19.9. The number of pyridine rings is 1. The van der Waals surface area contributed by atoms with E-state index in [9.17, 15) is 4.79 Å². The summed E-state index contributed by atoms with van der Waals surface area (Å²) >= 11 is 0. The molecule has 0 radical (unpaired) electrons. The number of anilines is 3. The number of aryl methyl sites for hydroxylation is 1. The van der Waals surface area contributed by atoms with E-state index in [1.807, 2.05) is 55.1 Å². The molecule has 8 heteroatoms. The first-order valence-corrected chi connectivity index (χ1v) is 9.94. The summed E-state index contributed by atoms with van der Waals surface area (Å²) in [5, 5.41) is 0. The molecule has 156 valence electrons. The van der Waals surface area contributed by atoms with Crippen LogP contribution in [0.2, 0.25) is 0 Å². The molecule has 2 amide bonds. The fourth-order valence-electron chi connectivity index (χ4n) is 3.38. The van der Waals surface area contributed by atoms with E-state index in [1.165, 1.54) is 0 Å². The summed E-state index contributed by atoms with van der Waals surface area (Å²) < 4.78 is 11.7. The second-order valence-electron chi connectivity index (χ2n) is 7.10. The van der Waals surface area contributed by atoms with Gasteiger partial charge in [-0.15, -0.1) is 0 Å². The van der Waals surface area contributed by atoms with Gasteiger partial charge >= 0.3 is 12.0 Å². The van der Waals surface area contributed by atoms with Crippen LogP contribution in [0.1, 0.15) is 12.5 Å². The largest absolute Gasteiger partial charge is 0.423 e. The van der Waals surface area contributed by atoms with E-state index < -0.39 is 0 Å². The van der Waals surface area contributed by atoms with Gasteiger partial charge in [0.1, 0.15) is 12.5 Å². The number of oxazole rings is 1. The number of aromatic nitrogens is 2. The third kappa shape index (κ3) is 3.86.